The summed E-state index contributed by atoms with van der Waals surface area (Å²) in [7, 11) is 0. The molecular weight excluding hydrogens is 318 g/mol. The van der Waals surface area contributed by atoms with Crippen LogP contribution < -0.4 is 10.1 Å². The maximum absolute atomic E-state index is 6.08. The molecule has 0 bridgehead atoms. The van der Waals surface area contributed by atoms with Gasteiger partial charge in [-0.2, -0.15) is 0 Å². The molecule has 0 unspecified atom stereocenters. The summed E-state index contributed by atoms with van der Waals surface area (Å²) in [5, 5.41) is 11.8. The van der Waals surface area contributed by atoms with Crippen LogP contribution in [-0.2, 0) is 17.7 Å². The molecule has 3 rings (SSSR count). The molecule has 0 amide bonds. The topological polar surface area (TPSA) is 69.4 Å². The molecule has 1 fully saturated rings. The smallest absolute Gasteiger partial charge is 0.235 e. The van der Waals surface area contributed by atoms with Gasteiger partial charge >= 0.3 is 0 Å². The molecule has 1 atom stereocenters. The molecule has 0 saturated carbocycles. The summed E-state index contributed by atoms with van der Waals surface area (Å²) in [5.41, 5.74) is 0.798. The minimum absolute atomic E-state index is 0.168. The fourth-order valence-electron chi connectivity index (χ4n) is 2.40. The van der Waals surface area contributed by atoms with Gasteiger partial charge in [-0.05, 0) is 31.0 Å². The van der Waals surface area contributed by atoms with Crippen LogP contribution in [0, 0.1) is 0 Å². The van der Waals surface area contributed by atoms with Crippen LogP contribution in [0.3, 0.4) is 0 Å². The second-order valence-electron chi connectivity index (χ2n) is 5.38. The molecule has 23 heavy (non-hydrogen) atoms. The lowest BCUT2D eigenvalue weighted by molar-refractivity contribution is 0.0682. The van der Waals surface area contributed by atoms with Gasteiger partial charge < -0.3 is 19.2 Å². The molecule has 1 N–H and O–H groups in total. The summed E-state index contributed by atoms with van der Waals surface area (Å²) in [4.78, 5) is 0. The third kappa shape index (κ3) is 4.36. The predicted molar refractivity (Wildman–Crippen MR) is 86.9 cm³/mol. The first-order valence-corrected chi connectivity index (χ1v) is 8.21. The molecule has 2 heterocycles. The Kier molecular flexibility index (Phi) is 5.35. The fraction of sp³-hybridized carbons (Fsp3) is 0.500. The van der Waals surface area contributed by atoms with Crippen molar-refractivity contribution in [1.29, 1.82) is 0 Å². The highest BCUT2D eigenvalue weighted by Gasteiger charge is 2.17. The van der Waals surface area contributed by atoms with Gasteiger partial charge in [0.15, 0.2) is 0 Å². The minimum atomic E-state index is 0.168. The summed E-state index contributed by atoms with van der Waals surface area (Å²) >= 11 is 6.08. The van der Waals surface area contributed by atoms with Crippen molar-refractivity contribution in [1.82, 2.24) is 10.2 Å². The van der Waals surface area contributed by atoms with E-state index in [4.69, 9.17) is 25.5 Å². The third-order valence-corrected chi connectivity index (χ3v) is 3.87. The number of nitrogens with zero attached hydrogens (tertiary/aromatic N) is 2. The summed E-state index contributed by atoms with van der Waals surface area (Å²) in [6.07, 6.45) is 3.02. The number of ether oxygens (including phenoxy) is 2. The van der Waals surface area contributed by atoms with Crippen LogP contribution in [0.5, 0.6) is 5.75 Å². The van der Waals surface area contributed by atoms with Gasteiger partial charge in [-0.1, -0.05) is 18.5 Å². The first kappa shape index (κ1) is 16.1. The molecule has 1 saturated heterocycles. The Morgan fingerprint density at radius 3 is 2.96 bits per heavy atom. The van der Waals surface area contributed by atoms with Gasteiger partial charge in [-0.25, -0.2) is 0 Å². The van der Waals surface area contributed by atoms with Gasteiger partial charge in [0.25, 0.3) is 0 Å². The lowest BCUT2D eigenvalue weighted by Crippen LogP contribution is -2.17. The molecule has 1 aliphatic rings. The lowest BCUT2D eigenvalue weighted by Gasteiger charge is -2.15. The van der Waals surface area contributed by atoms with Crippen LogP contribution in [0.1, 0.15) is 31.5 Å². The Balaban J connectivity index is 1.63. The number of rotatable bonds is 7. The van der Waals surface area contributed by atoms with Crippen molar-refractivity contribution in [2.75, 3.05) is 18.5 Å². The van der Waals surface area contributed by atoms with E-state index in [1.54, 1.807) is 6.07 Å². The summed E-state index contributed by atoms with van der Waals surface area (Å²) in [5.74, 6) is 1.90. The van der Waals surface area contributed by atoms with Crippen LogP contribution >= 0.6 is 11.6 Å². The van der Waals surface area contributed by atoms with Crippen molar-refractivity contribution in [2.24, 2.45) is 0 Å². The number of anilines is 1. The van der Waals surface area contributed by atoms with Crippen LogP contribution in [-0.4, -0.2) is 29.5 Å². The zero-order valence-corrected chi connectivity index (χ0v) is 13.8. The number of aryl methyl sites for hydroxylation is 1. The lowest BCUT2D eigenvalue weighted by atomic mass is 10.2. The number of nitrogens with one attached hydrogen (secondary N) is 1. The number of halogens is 1. The SMILES string of the molecule is CCc1nnc(CNc2cc(Cl)ccc2OC[C@@H]2CCCO2)o1. The third-order valence-electron chi connectivity index (χ3n) is 3.63. The molecule has 0 radical (unpaired) electrons. The largest absolute Gasteiger partial charge is 0.489 e. The molecule has 6 nitrogen and oxygen atoms in total. The highest BCUT2D eigenvalue weighted by Crippen LogP contribution is 2.29. The Morgan fingerprint density at radius 2 is 2.22 bits per heavy atom. The van der Waals surface area contributed by atoms with Gasteiger partial charge in [-0.3, -0.25) is 0 Å². The standard InChI is InChI=1S/C16H20ClN3O3/c1-2-15-19-20-16(23-15)9-18-13-8-11(17)5-6-14(13)22-10-12-4-3-7-21-12/h5-6,8,12,18H,2-4,7,9-10H2,1H3/t12-/m0/s1. The van der Waals surface area contributed by atoms with E-state index >= 15 is 0 Å². The number of benzene rings is 1. The Hall–Kier alpha value is -1.79. The predicted octanol–water partition coefficient (Wildman–Crippen LogP) is 3.46. The van der Waals surface area contributed by atoms with Crippen LogP contribution in [0.2, 0.25) is 5.02 Å². The number of hydrogen-bond acceptors (Lipinski definition) is 6. The Labute approximate surface area is 140 Å². The van der Waals surface area contributed by atoms with Gasteiger partial charge in [0.1, 0.15) is 12.4 Å². The van der Waals surface area contributed by atoms with E-state index in [-0.39, 0.29) is 6.10 Å². The molecule has 0 spiro atoms. The van der Waals surface area contributed by atoms with Gasteiger partial charge in [-0.15, -0.1) is 10.2 Å². The second kappa shape index (κ2) is 7.66. The van der Waals surface area contributed by atoms with Crippen LogP contribution in [0.15, 0.2) is 22.6 Å². The van der Waals surface area contributed by atoms with E-state index in [2.05, 4.69) is 15.5 Å². The van der Waals surface area contributed by atoms with Crippen LogP contribution in [0.4, 0.5) is 5.69 Å². The zero-order valence-electron chi connectivity index (χ0n) is 13.0. The average Bonchev–Trinajstić information content (AvgIpc) is 3.23. The van der Waals surface area contributed by atoms with Crippen LogP contribution in [0.25, 0.3) is 0 Å². The van der Waals surface area contributed by atoms with Crippen molar-refractivity contribution in [2.45, 2.75) is 38.8 Å². The van der Waals surface area contributed by atoms with Crippen molar-refractivity contribution in [3.8, 4) is 5.75 Å². The molecule has 124 valence electrons. The van der Waals surface area contributed by atoms with E-state index in [1.807, 2.05) is 19.1 Å². The summed E-state index contributed by atoms with van der Waals surface area (Å²) in [6.45, 7) is 3.75. The Morgan fingerprint density at radius 1 is 1.35 bits per heavy atom. The molecule has 1 aromatic heterocycles. The highest BCUT2D eigenvalue weighted by molar-refractivity contribution is 6.30. The molecule has 2 aromatic rings. The normalized spacial score (nSPS) is 17.4. The van der Waals surface area contributed by atoms with Gasteiger partial charge in [0, 0.05) is 18.1 Å². The van der Waals surface area contributed by atoms with E-state index < -0.39 is 0 Å². The molecule has 0 aliphatic carbocycles. The maximum atomic E-state index is 6.08. The van der Waals surface area contributed by atoms with Gasteiger partial charge in [0.2, 0.25) is 11.8 Å². The van der Waals surface area contributed by atoms with E-state index in [0.717, 1.165) is 37.3 Å². The van der Waals surface area contributed by atoms with Crippen molar-refractivity contribution in [3.63, 3.8) is 0 Å². The first-order chi connectivity index (χ1) is 11.2. The fourth-order valence-corrected chi connectivity index (χ4v) is 2.57. The van der Waals surface area contributed by atoms with Crippen molar-refractivity contribution in [3.05, 3.63) is 35.0 Å². The quantitative estimate of drug-likeness (QED) is 0.834. The van der Waals surface area contributed by atoms with Gasteiger partial charge in [0.05, 0.1) is 18.3 Å². The molecular formula is C16H20ClN3O3. The number of aromatic nitrogens is 2. The number of hydrogen-bond donors (Lipinski definition) is 1. The maximum Gasteiger partial charge on any atom is 0.235 e. The second-order valence-corrected chi connectivity index (χ2v) is 5.82. The molecule has 1 aromatic carbocycles. The average molecular weight is 338 g/mol. The van der Waals surface area contributed by atoms with Crippen molar-refractivity contribution < 1.29 is 13.9 Å². The van der Waals surface area contributed by atoms with E-state index in [1.165, 1.54) is 0 Å². The zero-order chi connectivity index (χ0) is 16.1. The monoisotopic (exact) mass is 337 g/mol. The highest BCUT2D eigenvalue weighted by atomic mass is 35.5. The Bertz CT molecular complexity index is 641. The summed E-state index contributed by atoms with van der Waals surface area (Å²) in [6, 6.07) is 5.48. The summed E-state index contributed by atoms with van der Waals surface area (Å²) < 4.78 is 16.9. The first-order valence-electron chi connectivity index (χ1n) is 7.83. The minimum Gasteiger partial charge on any atom is -0.489 e. The van der Waals surface area contributed by atoms with E-state index in [9.17, 15) is 0 Å². The molecule has 1 aliphatic heterocycles. The molecule has 7 heteroatoms. The van der Waals surface area contributed by atoms with E-state index in [0.29, 0.717) is 30.0 Å². The van der Waals surface area contributed by atoms with Crippen molar-refractivity contribution >= 4 is 17.3 Å².